The van der Waals surface area contributed by atoms with Gasteiger partial charge in [-0.1, -0.05) is 77.8 Å². The van der Waals surface area contributed by atoms with Gasteiger partial charge in [-0.3, -0.25) is 4.79 Å². The van der Waals surface area contributed by atoms with Crippen LogP contribution >= 0.6 is 11.6 Å². The first kappa shape index (κ1) is 24.0. The van der Waals surface area contributed by atoms with Gasteiger partial charge in [-0.25, -0.2) is 8.42 Å². The van der Waals surface area contributed by atoms with Gasteiger partial charge in [0.05, 0.1) is 16.7 Å². The molecular weight excluding hydrogens is 466 g/mol. The summed E-state index contributed by atoms with van der Waals surface area (Å²) in [4.78, 5) is 13.4. The Balaban J connectivity index is 1.95. The van der Waals surface area contributed by atoms with Gasteiger partial charge in [0, 0.05) is 22.7 Å². The van der Waals surface area contributed by atoms with Crippen LogP contribution in [0.3, 0.4) is 0 Å². The molecular formula is C28H26ClNO3S. The zero-order valence-electron chi connectivity index (χ0n) is 19.1. The van der Waals surface area contributed by atoms with E-state index in [-0.39, 0.29) is 16.2 Å². The number of halogens is 1. The summed E-state index contributed by atoms with van der Waals surface area (Å²) < 4.78 is 28.8. The first-order valence-corrected chi connectivity index (χ1v) is 13.1. The van der Waals surface area contributed by atoms with Crippen molar-refractivity contribution in [1.82, 2.24) is 4.57 Å². The number of pyridine rings is 1. The van der Waals surface area contributed by atoms with Crippen LogP contribution < -0.4 is 5.56 Å². The largest absolute Gasteiger partial charge is 0.305 e. The van der Waals surface area contributed by atoms with E-state index in [0.717, 1.165) is 22.4 Å². The second-order valence-corrected chi connectivity index (χ2v) is 11.0. The van der Waals surface area contributed by atoms with Crippen LogP contribution in [0.15, 0.2) is 107 Å². The van der Waals surface area contributed by atoms with Crippen molar-refractivity contribution in [3.63, 3.8) is 0 Å². The fourth-order valence-electron chi connectivity index (χ4n) is 4.33. The van der Waals surface area contributed by atoms with Crippen molar-refractivity contribution in [2.45, 2.75) is 30.7 Å². The number of nitrogens with zero attached hydrogens (tertiary/aromatic N) is 1. The molecule has 0 saturated carbocycles. The number of aromatic nitrogens is 1. The van der Waals surface area contributed by atoms with Crippen LogP contribution in [0.25, 0.3) is 0 Å². The molecule has 0 aliphatic heterocycles. The molecule has 6 heteroatoms. The minimum atomic E-state index is -3.66. The second-order valence-electron chi connectivity index (χ2n) is 8.48. The third-order valence-corrected chi connectivity index (χ3v) is 8.11. The van der Waals surface area contributed by atoms with Crippen molar-refractivity contribution >= 4 is 21.4 Å². The van der Waals surface area contributed by atoms with Crippen molar-refractivity contribution in [1.29, 1.82) is 0 Å². The van der Waals surface area contributed by atoms with Gasteiger partial charge in [0.1, 0.15) is 0 Å². The van der Waals surface area contributed by atoms with E-state index >= 15 is 0 Å². The molecule has 2 atom stereocenters. The predicted molar refractivity (Wildman–Crippen MR) is 137 cm³/mol. The first-order chi connectivity index (χ1) is 16.3. The Morgan fingerprint density at radius 3 is 2.00 bits per heavy atom. The van der Waals surface area contributed by atoms with Crippen LogP contribution in [-0.2, 0) is 9.84 Å². The van der Waals surface area contributed by atoms with Gasteiger partial charge in [-0.05, 0) is 55.3 Å². The first-order valence-electron chi connectivity index (χ1n) is 11.0. The highest BCUT2D eigenvalue weighted by molar-refractivity contribution is 7.91. The van der Waals surface area contributed by atoms with Gasteiger partial charge in [0.15, 0.2) is 9.84 Å². The lowest BCUT2D eigenvalue weighted by atomic mass is 9.87. The standard InChI is InChI=1S/C28H26ClNO3S/c1-20-11-13-23(14-12-20)28(30-21(2)7-6-10-27(30)31)26(22-15-17-24(29)18-16-22)19-34(32,33)25-8-4-3-5-9-25/h3-18,26,28H,19H2,1-2H3/t26-,28+/m1/s1. The van der Waals surface area contributed by atoms with Crippen LogP contribution in [0, 0.1) is 13.8 Å². The highest BCUT2D eigenvalue weighted by Gasteiger charge is 2.33. The lowest BCUT2D eigenvalue weighted by molar-refractivity contribution is 0.473. The fourth-order valence-corrected chi connectivity index (χ4v) is 6.06. The molecule has 4 nitrogen and oxygen atoms in total. The quantitative estimate of drug-likeness (QED) is 0.320. The average molecular weight is 492 g/mol. The van der Waals surface area contributed by atoms with E-state index in [1.54, 1.807) is 53.1 Å². The van der Waals surface area contributed by atoms with Gasteiger partial charge >= 0.3 is 0 Å². The van der Waals surface area contributed by atoms with Crippen molar-refractivity contribution in [2.24, 2.45) is 0 Å². The topological polar surface area (TPSA) is 56.1 Å². The lowest BCUT2D eigenvalue weighted by Crippen LogP contribution is -2.33. The van der Waals surface area contributed by atoms with E-state index < -0.39 is 21.8 Å². The number of sulfone groups is 1. The number of hydrogen-bond donors (Lipinski definition) is 0. The Kier molecular flexibility index (Phi) is 7.05. The maximum absolute atomic E-state index is 13.6. The van der Waals surface area contributed by atoms with Crippen LogP contribution in [0.5, 0.6) is 0 Å². The normalized spacial score (nSPS) is 13.4. The smallest absolute Gasteiger partial charge is 0.251 e. The highest BCUT2D eigenvalue weighted by atomic mass is 35.5. The number of benzene rings is 3. The molecule has 4 aromatic rings. The minimum absolute atomic E-state index is 0.169. The molecule has 1 heterocycles. The van der Waals surface area contributed by atoms with E-state index in [9.17, 15) is 13.2 Å². The highest BCUT2D eigenvalue weighted by Crippen LogP contribution is 2.37. The Morgan fingerprint density at radius 1 is 0.765 bits per heavy atom. The summed E-state index contributed by atoms with van der Waals surface area (Å²) in [7, 11) is -3.66. The molecule has 174 valence electrons. The van der Waals surface area contributed by atoms with Gasteiger partial charge in [0.25, 0.3) is 5.56 Å². The van der Waals surface area contributed by atoms with Gasteiger partial charge < -0.3 is 4.57 Å². The number of aryl methyl sites for hydroxylation is 2. The van der Waals surface area contributed by atoms with E-state index in [4.69, 9.17) is 11.6 Å². The maximum Gasteiger partial charge on any atom is 0.251 e. The average Bonchev–Trinajstić information content (AvgIpc) is 2.82. The summed E-state index contributed by atoms with van der Waals surface area (Å²) in [5.41, 5.74) is 3.32. The van der Waals surface area contributed by atoms with E-state index in [2.05, 4.69) is 0 Å². The Hall–Kier alpha value is -3.15. The monoisotopic (exact) mass is 491 g/mol. The van der Waals surface area contributed by atoms with E-state index in [1.165, 1.54) is 6.07 Å². The van der Waals surface area contributed by atoms with Crippen molar-refractivity contribution in [3.05, 3.63) is 135 Å². The third kappa shape index (κ3) is 5.16. The molecule has 1 aromatic heterocycles. The summed E-state index contributed by atoms with van der Waals surface area (Å²) in [5.74, 6) is -0.707. The molecule has 0 unspecified atom stereocenters. The molecule has 0 bridgehead atoms. The van der Waals surface area contributed by atoms with Crippen molar-refractivity contribution < 1.29 is 8.42 Å². The van der Waals surface area contributed by atoms with Gasteiger partial charge in [-0.2, -0.15) is 0 Å². The zero-order chi connectivity index (χ0) is 24.3. The predicted octanol–water partition coefficient (Wildman–Crippen LogP) is 5.97. The summed E-state index contributed by atoms with van der Waals surface area (Å²) in [6.07, 6.45) is 0. The molecule has 34 heavy (non-hydrogen) atoms. The molecule has 0 radical (unpaired) electrons. The van der Waals surface area contributed by atoms with Gasteiger partial charge in [-0.15, -0.1) is 0 Å². The van der Waals surface area contributed by atoms with Crippen LogP contribution in [-0.4, -0.2) is 18.7 Å². The van der Waals surface area contributed by atoms with Crippen molar-refractivity contribution in [2.75, 3.05) is 5.75 Å². The molecule has 0 fully saturated rings. The molecule has 0 spiro atoms. The molecule has 4 rings (SSSR count). The second kappa shape index (κ2) is 10.00. The van der Waals surface area contributed by atoms with Gasteiger partial charge in [0.2, 0.25) is 0 Å². The Morgan fingerprint density at radius 2 is 1.38 bits per heavy atom. The zero-order valence-corrected chi connectivity index (χ0v) is 20.6. The number of rotatable bonds is 7. The molecule has 0 saturated heterocycles. The van der Waals surface area contributed by atoms with E-state index in [0.29, 0.717) is 5.02 Å². The SMILES string of the molecule is Cc1ccc([C@@H]([C@H](CS(=O)(=O)c2ccccc2)c2ccc(Cl)cc2)n2c(C)cccc2=O)cc1. The molecule has 0 aliphatic carbocycles. The Labute approximate surface area is 205 Å². The van der Waals surface area contributed by atoms with Crippen LogP contribution in [0.4, 0.5) is 0 Å². The fraction of sp³-hybridized carbons (Fsp3) is 0.179. The minimum Gasteiger partial charge on any atom is -0.305 e. The van der Waals surface area contributed by atoms with Crippen LogP contribution in [0.2, 0.25) is 5.02 Å². The summed E-state index contributed by atoms with van der Waals surface area (Å²) in [6, 6.07) is 28.1. The maximum atomic E-state index is 13.6. The third-order valence-electron chi connectivity index (χ3n) is 6.07. The van der Waals surface area contributed by atoms with E-state index in [1.807, 2.05) is 56.3 Å². The molecule has 0 N–H and O–H groups in total. The van der Waals surface area contributed by atoms with Crippen LogP contribution in [0.1, 0.15) is 34.3 Å². The number of hydrogen-bond acceptors (Lipinski definition) is 3. The van der Waals surface area contributed by atoms with Crippen molar-refractivity contribution in [3.8, 4) is 0 Å². The Bertz CT molecular complexity index is 1430. The molecule has 0 amide bonds. The lowest BCUT2D eigenvalue weighted by Gasteiger charge is -2.31. The molecule has 0 aliphatic rings. The molecule has 3 aromatic carbocycles. The summed E-state index contributed by atoms with van der Waals surface area (Å²) in [5, 5.41) is 0.563. The summed E-state index contributed by atoms with van der Waals surface area (Å²) >= 11 is 6.15. The summed E-state index contributed by atoms with van der Waals surface area (Å²) in [6.45, 7) is 3.86.